The van der Waals surface area contributed by atoms with Gasteiger partial charge >= 0.3 is 0 Å². The highest BCUT2D eigenvalue weighted by Gasteiger charge is 2.23. The molecule has 1 N–H and O–H groups in total. The number of terminal acetylenes is 1. The lowest BCUT2D eigenvalue weighted by Gasteiger charge is -2.08. The van der Waals surface area contributed by atoms with E-state index in [0.29, 0.717) is 12.8 Å². The van der Waals surface area contributed by atoms with Crippen molar-refractivity contribution in [3.05, 3.63) is 35.4 Å². The van der Waals surface area contributed by atoms with Crippen LogP contribution in [0.15, 0.2) is 24.3 Å². The predicted octanol–water partition coefficient (Wildman–Crippen LogP) is 2.49. The Hall–Kier alpha value is -1.26. The Balaban J connectivity index is 2.01. The van der Waals surface area contributed by atoms with E-state index in [9.17, 15) is 5.11 Å². The highest BCUT2D eigenvalue weighted by molar-refractivity contribution is 5.29. The van der Waals surface area contributed by atoms with Gasteiger partial charge < -0.3 is 5.11 Å². The molecule has 1 saturated carbocycles. The summed E-state index contributed by atoms with van der Waals surface area (Å²) in [5.41, 5.74) is 2.61. The fraction of sp³-hybridized carbons (Fsp3) is 0.429. The van der Waals surface area contributed by atoms with E-state index in [1.165, 1.54) is 24.0 Å². The van der Waals surface area contributed by atoms with Crippen LogP contribution < -0.4 is 0 Å². The third-order valence-corrected chi connectivity index (χ3v) is 2.82. The van der Waals surface area contributed by atoms with E-state index in [1.54, 1.807) is 0 Å². The summed E-state index contributed by atoms with van der Waals surface area (Å²) in [5.74, 6) is 3.26. The first-order chi connectivity index (χ1) is 7.29. The molecule has 78 valence electrons. The molecule has 1 aromatic rings. The van der Waals surface area contributed by atoms with E-state index in [2.05, 4.69) is 30.2 Å². The Morgan fingerprint density at radius 2 is 2.27 bits per heavy atom. The molecular formula is C14H16O. The van der Waals surface area contributed by atoms with Gasteiger partial charge in [-0.05, 0) is 36.3 Å². The lowest BCUT2D eigenvalue weighted by molar-refractivity contribution is 0.181. The second-order valence-electron chi connectivity index (χ2n) is 4.29. The van der Waals surface area contributed by atoms with E-state index in [1.807, 2.05) is 0 Å². The van der Waals surface area contributed by atoms with E-state index < -0.39 is 6.10 Å². The maximum absolute atomic E-state index is 9.61. The molecule has 0 radical (unpaired) electrons. The lowest BCUT2D eigenvalue weighted by Crippen LogP contribution is -2.09. The number of hydrogen-bond donors (Lipinski definition) is 1. The maximum Gasteiger partial charge on any atom is 0.0689 e. The topological polar surface area (TPSA) is 20.2 Å². The molecule has 1 heteroatoms. The minimum absolute atomic E-state index is 0.399. The van der Waals surface area contributed by atoms with Crippen LogP contribution in [0.2, 0.25) is 0 Å². The first-order valence-electron chi connectivity index (χ1n) is 5.50. The van der Waals surface area contributed by atoms with Gasteiger partial charge in [0, 0.05) is 6.42 Å². The van der Waals surface area contributed by atoms with E-state index in [0.717, 1.165) is 5.92 Å². The summed E-state index contributed by atoms with van der Waals surface area (Å²) in [5, 5.41) is 9.61. The standard InChI is InChI=1S/C14H16O/c1-2-4-14(15)10-11-5-3-6-13(9-11)12-7-8-12/h1,3,5-6,9,12,14-15H,4,7-8,10H2. The molecule has 0 aliphatic heterocycles. The zero-order chi connectivity index (χ0) is 10.7. The van der Waals surface area contributed by atoms with E-state index in [-0.39, 0.29) is 0 Å². The molecular weight excluding hydrogens is 184 g/mol. The van der Waals surface area contributed by atoms with E-state index >= 15 is 0 Å². The molecule has 1 fully saturated rings. The smallest absolute Gasteiger partial charge is 0.0689 e. The Morgan fingerprint density at radius 1 is 1.47 bits per heavy atom. The zero-order valence-electron chi connectivity index (χ0n) is 8.82. The van der Waals surface area contributed by atoms with Crippen LogP contribution in [-0.4, -0.2) is 11.2 Å². The second kappa shape index (κ2) is 4.51. The van der Waals surface area contributed by atoms with Gasteiger partial charge in [-0.1, -0.05) is 24.3 Å². The molecule has 15 heavy (non-hydrogen) atoms. The molecule has 0 heterocycles. The first kappa shape index (κ1) is 10.3. The molecule has 0 amide bonds. The van der Waals surface area contributed by atoms with Crippen LogP contribution >= 0.6 is 0 Å². The van der Waals surface area contributed by atoms with Crippen LogP contribution in [-0.2, 0) is 6.42 Å². The SMILES string of the molecule is C#CCC(O)Cc1cccc(C2CC2)c1. The van der Waals surface area contributed by atoms with E-state index in [4.69, 9.17) is 6.42 Å². The molecule has 1 aliphatic rings. The highest BCUT2D eigenvalue weighted by atomic mass is 16.3. The molecule has 0 spiro atoms. The molecule has 0 aromatic heterocycles. The number of aliphatic hydroxyl groups excluding tert-OH is 1. The summed E-state index contributed by atoms with van der Waals surface area (Å²) in [7, 11) is 0. The van der Waals surface area contributed by atoms with Gasteiger partial charge in [0.05, 0.1) is 6.10 Å². The van der Waals surface area contributed by atoms with Gasteiger partial charge in [0.15, 0.2) is 0 Å². The van der Waals surface area contributed by atoms with Crippen LogP contribution in [0.4, 0.5) is 0 Å². The number of benzene rings is 1. The zero-order valence-corrected chi connectivity index (χ0v) is 8.82. The number of aliphatic hydroxyl groups is 1. The minimum Gasteiger partial charge on any atom is -0.392 e. The van der Waals surface area contributed by atoms with Crippen molar-refractivity contribution in [3.8, 4) is 12.3 Å². The fourth-order valence-corrected chi connectivity index (χ4v) is 1.87. The van der Waals surface area contributed by atoms with Gasteiger partial charge in [-0.25, -0.2) is 0 Å². The van der Waals surface area contributed by atoms with Gasteiger partial charge in [-0.2, -0.15) is 0 Å². The normalized spacial score (nSPS) is 17.1. The Bertz CT molecular complexity index is 371. The van der Waals surface area contributed by atoms with Gasteiger partial charge in [0.2, 0.25) is 0 Å². The third-order valence-electron chi connectivity index (χ3n) is 2.82. The third kappa shape index (κ3) is 2.84. The van der Waals surface area contributed by atoms with Crippen molar-refractivity contribution < 1.29 is 5.11 Å². The predicted molar refractivity (Wildman–Crippen MR) is 61.6 cm³/mol. The molecule has 1 aromatic carbocycles. The van der Waals surface area contributed by atoms with Crippen molar-refractivity contribution in [2.24, 2.45) is 0 Å². The summed E-state index contributed by atoms with van der Waals surface area (Å²) in [6, 6.07) is 8.52. The van der Waals surface area contributed by atoms with Gasteiger partial charge in [-0.15, -0.1) is 12.3 Å². The highest BCUT2D eigenvalue weighted by Crippen LogP contribution is 2.40. The molecule has 1 atom stereocenters. The van der Waals surface area contributed by atoms with Crippen LogP contribution in [0.5, 0.6) is 0 Å². The minimum atomic E-state index is -0.399. The summed E-state index contributed by atoms with van der Waals surface area (Å²) in [6.45, 7) is 0. The molecule has 1 nitrogen and oxygen atoms in total. The van der Waals surface area contributed by atoms with Crippen molar-refractivity contribution in [2.45, 2.75) is 37.7 Å². The first-order valence-corrected chi connectivity index (χ1v) is 5.50. The summed E-state index contributed by atoms with van der Waals surface area (Å²) >= 11 is 0. The van der Waals surface area contributed by atoms with Crippen molar-refractivity contribution in [1.29, 1.82) is 0 Å². The largest absolute Gasteiger partial charge is 0.392 e. The molecule has 1 aliphatic carbocycles. The quantitative estimate of drug-likeness (QED) is 0.740. The Kier molecular flexibility index (Phi) is 3.08. The Labute approximate surface area is 91.1 Å². The molecule has 1 unspecified atom stereocenters. The van der Waals surface area contributed by atoms with Crippen LogP contribution in [0.3, 0.4) is 0 Å². The molecule has 0 bridgehead atoms. The van der Waals surface area contributed by atoms with Crippen LogP contribution in [0, 0.1) is 12.3 Å². The average Bonchev–Trinajstić information content (AvgIpc) is 3.01. The summed E-state index contributed by atoms with van der Waals surface area (Å²) < 4.78 is 0. The summed E-state index contributed by atoms with van der Waals surface area (Å²) in [6.07, 6.45) is 8.50. The van der Waals surface area contributed by atoms with Crippen molar-refractivity contribution in [1.82, 2.24) is 0 Å². The monoisotopic (exact) mass is 200 g/mol. The molecule has 2 rings (SSSR count). The average molecular weight is 200 g/mol. The van der Waals surface area contributed by atoms with Crippen molar-refractivity contribution >= 4 is 0 Å². The van der Waals surface area contributed by atoms with Gasteiger partial charge in [0.1, 0.15) is 0 Å². The second-order valence-corrected chi connectivity index (χ2v) is 4.29. The van der Waals surface area contributed by atoms with Gasteiger partial charge in [0.25, 0.3) is 0 Å². The summed E-state index contributed by atoms with van der Waals surface area (Å²) in [4.78, 5) is 0. The number of hydrogen-bond acceptors (Lipinski definition) is 1. The van der Waals surface area contributed by atoms with Gasteiger partial charge in [-0.3, -0.25) is 0 Å². The molecule has 0 saturated heterocycles. The lowest BCUT2D eigenvalue weighted by atomic mass is 10.0. The Morgan fingerprint density at radius 3 is 2.93 bits per heavy atom. The van der Waals surface area contributed by atoms with Crippen molar-refractivity contribution in [2.75, 3.05) is 0 Å². The van der Waals surface area contributed by atoms with Crippen LogP contribution in [0.1, 0.15) is 36.3 Å². The maximum atomic E-state index is 9.61. The van der Waals surface area contributed by atoms with Crippen molar-refractivity contribution in [3.63, 3.8) is 0 Å². The van der Waals surface area contributed by atoms with Crippen LogP contribution in [0.25, 0.3) is 0 Å². The fourth-order valence-electron chi connectivity index (χ4n) is 1.87. The number of rotatable bonds is 4.